The minimum absolute atomic E-state index is 0.0399. The third kappa shape index (κ3) is 4.18. The van der Waals surface area contributed by atoms with Gasteiger partial charge in [0, 0.05) is 6.42 Å². The van der Waals surface area contributed by atoms with E-state index in [-0.39, 0.29) is 25.4 Å². The summed E-state index contributed by atoms with van der Waals surface area (Å²) in [5, 5.41) is 0. The van der Waals surface area contributed by atoms with E-state index in [2.05, 4.69) is 8.83 Å². The van der Waals surface area contributed by atoms with Gasteiger partial charge < -0.3 is 13.6 Å². The van der Waals surface area contributed by atoms with Crippen molar-refractivity contribution >= 4 is 0 Å². The standard InChI is InChI=1S/C8H10F2O4/c1-8(9,10)2-3-12-4-6-5-13-7(11)14-6/h5H,2-4H2,1H3. The molecule has 1 heterocycles. The number of rotatable bonds is 5. The Hall–Kier alpha value is -1.17. The molecule has 0 atom stereocenters. The molecule has 1 aromatic rings. The molecule has 0 aromatic carbocycles. The summed E-state index contributed by atoms with van der Waals surface area (Å²) < 4.78 is 38.2. The summed E-state index contributed by atoms with van der Waals surface area (Å²) in [6.45, 7) is 0.675. The van der Waals surface area contributed by atoms with Crippen molar-refractivity contribution in [1.29, 1.82) is 0 Å². The molecule has 0 amide bonds. The van der Waals surface area contributed by atoms with E-state index in [1.54, 1.807) is 0 Å². The van der Waals surface area contributed by atoms with E-state index < -0.39 is 11.7 Å². The van der Waals surface area contributed by atoms with Gasteiger partial charge in [0.25, 0.3) is 0 Å². The van der Waals surface area contributed by atoms with Gasteiger partial charge in [0.2, 0.25) is 5.92 Å². The van der Waals surface area contributed by atoms with Crippen LogP contribution in [0.2, 0.25) is 0 Å². The lowest BCUT2D eigenvalue weighted by Crippen LogP contribution is -2.13. The molecular weight excluding hydrogens is 198 g/mol. The third-order valence-corrected chi connectivity index (χ3v) is 1.43. The third-order valence-electron chi connectivity index (χ3n) is 1.43. The van der Waals surface area contributed by atoms with Crippen LogP contribution < -0.4 is 5.82 Å². The summed E-state index contributed by atoms with van der Waals surface area (Å²) in [4.78, 5) is 10.4. The highest BCUT2D eigenvalue weighted by molar-refractivity contribution is 4.81. The Morgan fingerprint density at radius 1 is 1.57 bits per heavy atom. The number of alkyl halides is 2. The average Bonchev–Trinajstić information content (AvgIpc) is 2.44. The first kappa shape index (κ1) is 10.9. The Morgan fingerprint density at radius 2 is 2.29 bits per heavy atom. The lowest BCUT2D eigenvalue weighted by atomic mass is 10.3. The van der Waals surface area contributed by atoms with E-state index in [1.165, 1.54) is 0 Å². The van der Waals surface area contributed by atoms with Crippen LogP contribution in [0.15, 0.2) is 19.9 Å². The van der Waals surface area contributed by atoms with Gasteiger partial charge in [0.1, 0.15) is 12.9 Å². The molecule has 0 radical (unpaired) electrons. The first-order valence-electron chi connectivity index (χ1n) is 4.00. The topological polar surface area (TPSA) is 52.6 Å². The van der Waals surface area contributed by atoms with Crippen molar-refractivity contribution in [1.82, 2.24) is 0 Å². The first-order chi connectivity index (χ1) is 6.47. The monoisotopic (exact) mass is 208 g/mol. The van der Waals surface area contributed by atoms with Crippen LogP contribution in [0.1, 0.15) is 19.1 Å². The molecule has 0 aliphatic carbocycles. The second-order valence-corrected chi connectivity index (χ2v) is 2.93. The predicted molar refractivity (Wildman–Crippen MR) is 42.1 cm³/mol. The van der Waals surface area contributed by atoms with E-state index in [9.17, 15) is 13.6 Å². The van der Waals surface area contributed by atoms with Gasteiger partial charge in [0.15, 0.2) is 5.76 Å². The molecule has 80 valence electrons. The molecular formula is C8H10F2O4. The maximum absolute atomic E-state index is 12.3. The van der Waals surface area contributed by atoms with Crippen LogP contribution in [0.25, 0.3) is 0 Å². The van der Waals surface area contributed by atoms with Gasteiger partial charge in [-0.05, 0) is 6.92 Å². The molecule has 0 aliphatic heterocycles. The smallest absolute Gasteiger partial charge is 0.399 e. The molecule has 0 unspecified atom stereocenters. The molecule has 0 saturated heterocycles. The Kier molecular flexibility index (Phi) is 3.40. The first-order valence-corrected chi connectivity index (χ1v) is 4.00. The highest BCUT2D eigenvalue weighted by Gasteiger charge is 2.20. The van der Waals surface area contributed by atoms with Gasteiger partial charge in [-0.15, -0.1) is 0 Å². The Balaban J connectivity index is 2.19. The molecule has 0 N–H and O–H groups in total. The van der Waals surface area contributed by atoms with Gasteiger partial charge in [0.05, 0.1) is 6.61 Å². The van der Waals surface area contributed by atoms with E-state index >= 15 is 0 Å². The molecule has 6 heteroatoms. The second kappa shape index (κ2) is 4.36. The Morgan fingerprint density at radius 3 is 2.79 bits per heavy atom. The zero-order valence-corrected chi connectivity index (χ0v) is 7.59. The number of hydrogen-bond donors (Lipinski definition) is 0. The quantitative estimate of drug-likeness (QED) is 0.692. The molecule has 0 saturated carbocycles. The lowest BCUT2D eigenvalue weighted by molar-refractivity contribution is -0.0213. The number of ether oxygens (including phenoxy) is 1. The lowest BCUT2D eigenvalue weighted by Gasteiger charge is -2.08. The molecule has 14 heavy (non-hydrogen) atoms. The molecule has 4 nitrogen and oxygen atoms in total. The van der Waals surface area contributed by atoms with Gasteiger partial charge in [-0.3, -0.25) is 0 Å². The SMILES string of the molecule is CC(F)(F)CCOCc1coc(=O)o1. The molecule has 0 bridgehead atoms. The second-order valence-electron chi connectivity index (χ2n) is 2.93. The summed E-state index contributed by atoms with van der Waals surface area (Å²) in [6.07, 6.45) is 0.724. The Bertz CT molecular complexity index is 323. The van der Waals surface area contributed by atoms with E-state index in [4.69, 9.17) is 4.74 Å². The van der Waals surface area contributed by atoms with Gasteiger partial charge >= 0.3 is 5.82 Å². The predicted octanol–water partition coefficient (Wildman–Crippen LogP) is 1.79. The molecule has 0 aliphatic rings. The largest absolute Gasteiger partial charge is 0.518 e. The maximum atomic E-state index is 12.3. The molecule has 1 rings (SSSR count). The Labute approximate surface area is 78.5 Å². The highest BCUT2D eigenvalue weighted by atomic mass is 19.3. The van der Waals surface area contributed by atoms with Gasteiger partial charge in [-0.25, -0.2) is 13.6 Å². The van der Waals surface area contributed by atoms with E-state index in [0.29, 0.717) is 0 Å². The molecule has 0 spiro atoms. The van der Waals surface area contributed by atoms with Crippen LogP contribution >= 0.6 is 0 Å². The average molecular weight is 208 g/mol. The fraction of sp³-hybridized carbons (Fsp3) is 0.625. The van der Waals surface area contributed by atoms with Crippen molar-refractivity contribution in [3.8, 4) is 0 Å². The highest BCUT2D eigenvalue weighted by Crippen LogP contribution is 2.16. The van der Waals surface area contributed by atoms with Gasteiger partial charge in [-0.2, -0.15) is 0 Å². The summed E-state index contributed by atoms with van der Waals surface area (Å²) in [5.41, 5.74) is 0. The number of halogens is 2. The summed E-state index contributed by atoms with van der Waals surface area (Å²) >= 11 is 0. The van der Waals surface area contributed by atoms with Crippen molar-refractivity contribution in [2.24, 2.45) is 0 Å². The van der Waals surface area contributed by atoms with Gasteiger partial charge in [-0.1, -0.05) is 0 Å². The van der Waals surface area contributed by atoms with Crippen molar-refractivity contribution in [3.05, 3.63) is 22.6 Å². The van der Waals surface area contributed by atoms with Crippen molar-refractivity contribution < 1.29 is 22.4 Å². The van der Waals surface area contributed by atoms with E-state index in [0.717, 1.165) is 13.2 Å². The fourth-order valence-electron chi connectivity index (χ4n) is 0.757. The number of hydrogen-bond acceptors (Lipinski definition) is 4. The summed E-state index contributed by atoms with van der Waals surface area (Å²) in [5.74, 6) is -3.38. The van der Waals surface area contributed by atoms with E-state index in [1.807, 2.05) is 0 Å². The molecule has 1 aromatic heterocycles. The van der Waals surface area contributed by atoms with Crippen molar-refractivity contribution in [2.75, 3.05) is 6.61 Å². The summed E-state index contributed by atoms with van der Waals surface area (Å²) in [6, 6.07) is 0. The fourth-order valence-corrected chi connectivity index (χ4v) is 0.757. The van der Waals surface area contributed by atoms with Crippen LogP contribution in [-0.2, 0) is 11.3 Å². The van der Waals surface area contributed by atoms with Crippen molar-refractivity contribution in [2.45, 2.75) is 25.9 Å². The normalized spacial score (nSPS) is 11.9. The van der Waals surface area contributed by atoms with Crippen LogP contribution in [0.4, 0.5) is 8.78 Å². The maximum Gasteiger partial charge on any atom is 0.518 e. The van der Waals surface area contributed by atoms with Crippen LogP contribution in [-0.4, -0.2) is 12.5 Å². The van der Waals surface area contributed by atoms with Crippen LogP contribution in [0.5, 0.6) is 0 Å². The van der Waals surface area contributed by atoms with Crippen LogP contribution in [0, 0.1) is 0 Å². The van der Waals surface area contributed by atoms with Crippen molar-refractivity contribution in [3.63, 3.8) is 0 Å². The zero-order chi connectivity index (χ0) is 10.6. The zero-order valence-electron chi connectivity index (χ0n) is 7.59. The molecule has 0 fully saturated rings. The van der Waals surface area contributed by atoms with Crippen LogP contribution in [0.3, 0.4) is 0 Å². The minimum atomic E-state index is -2.74. The summed E-state index contributed by atoms with van der Waals surface area (Å²) in [7, 11) is 0. The minimum Gasteiger partial charge on any atom is -0.399 e.